The minimum Gasteiger partial charge on any atom is -0.324 e. The van der Waals surface area contributed by atoms with Gasteiger partial charge in [-0.05, 0) is 25.9 Å². The topological polar surface area (TPSA) is 118 Å². The van der Waals surface area contributed by atoms with Crippen LogP contribution in [-0.4, -0.2) is 49.5 Å². The maximum absolute atomic E-state index is 11.1. The van der Waals surface area contributed by atoms with Crippen LogP contribution in [0.25, 0.3) is 0 Å². The average molecular weight is 289 g/mol. The molecule has 0 spiro atoms. The fourth-order valence-electron chi connectivity index (χ4n) is 1.57. The van der Waals surface area contributed by atoms with Crippen molar-refractivity contribution in [2.24, 2.45) is 0 Å². The maximum atomic E-state index is 11.1. The lowest BCUT2D eigenvalue weighted by atomic mass is 10.3. The Hall–Kier alpha value is 0.260. The van der Waals surface area contributed by atoms with Crippen LogP contribution in [0.1, 0.15) is 26.7 Å². The lowest BCUT2D eigenvalue weighted by Crippen LogP contribution is -2.33. The molecule has 9 heteroatoms. The van der Waals surface area contributed by atoms with Gasteiger partial charge >= 0.3 is 15.2 Å². The molecule has 0 aliphatic carbocycles. The van der Waals surface area contributed by atoms with Gasteiger partial charge in [0.05, 0.1) is 0 Å². The van der Waals surface area contributed by atoms with E-state index in [1.54, 1.807) is 4.90 Å². The Bertz CT molecular complexity index is 283. The van der Waals surface area contributed by atoms with Crippen LogP contribution in [-0.2, 0) is 9.13 Å². The second-order valence-corrected chi connectivity index (χ2v) is 7.97. The Balaban J connectivity index is 4.85. The van der Waals surface area contributed by atoms with Crippen LogP contribution in [0.4, 0.5) is 0 Å². The highest BCUT2D eigenvalue weighted by Gasteiger charge is 2.44. The predicted molar refractivity (Wildman–Crippen MR) is 64.9 cm³/mol. The van der Waals surface area contributed by atoms with Crippen molar-refractivity contribution in [3.63, 3.8) is 0 Å². The van der Waals surface area contributed by atoms with E-state index in [4.69, 9.17) is 19.6 Å². The van der Waals surface area contributed by atoms with Gasteiger partial charge in [-0.2, -0.15) is 0 Å². The van der Waals surface area contributed by atoms with Gasteiger partial charge in [0, 0.05) is 6.54 Å². The van der Waals surface area contributed by atoms with Crippen LogP contribution in [0.2, 0.25) is 0 Å². The summed E-state index contributed by atoms with van der Waals surface area (Å²) in [5.41, 5.74) is 0. The third-order valence-corrected chi connectivity index (χ3v) is 5.96. The Morgan fingerprint density at radius 1 is 0.941 bits per heavy atom. The van der Waals surface area contributed by atoms with Crippen LogP contribution in [0.15, 0.2) is 0 Å². The second kappa shape index (κ2) is 7.00. The van der Waals surface area contributed by atoms with Gasteiger partial charge < -0.3 is 24.5 Å². The first-order valence-corrected chi connectivity index (χ1v) is 8.82. The van der Waals surface area contributed by atoms with Gasteiger partial charge in [-0.3, -0.25) is 9.13 Å². The molecule has 0 atom stereocenters. The summed E-state index contributed by atoms with van der Waals surface area (Å²) >= 11 is 0. The van der Waals surface area contributed by atoms with Crippen LogP contribution >= 0.6 is 15.2 Å². The zero-order chi connectivity index (χ0) is 13.7. The molecule has 0 aromatic heterocycles. The van der Waals surface area contributed by atoms with Crippen molar-refractivity contribution in [3.8, 4) is 0 Å². The monoisotopic (exact) mass is 289 g/mol. The fourth-order valence-corrected chi connectivity index (χ4v) is 4.02. The van der Waals surface area contributed by atoms with Gasteiger partial charge in [-0.15, -0.1) is 0 Å². The van der Waals surface area contributed by atoms with E-state index >= 15 is 0 Å². The van der Waals surface area contributed by atoms with E-state index in [2.05, 4.69) is 0 Å². The molecule has 0 aromatic carbocycles. The van der Waals surface area contributed by atoms with Gasteiger partial charge in [0.15, 0.2) is 5.40 Å². The number of rotatable bonds is 8. The highest BCUT2D eigenvalue weighted by molar-refractivity contribution is 7.70. The minimum absolute atomic E-state index is 0.282. The first-order valence-electron chi connectivity index (χ1n) is 5.45. The molecule has 0 unspecified atom stereocenters. The summed E-state index contributed by atoms with van der Waals surface area (Å²) in [5.74, 6) is 0. The summed E-state index contributed by atoms with van der Waals surface area (Å²) in [5, 5.41) is -1.92. The highest BCUT2D eigenvalue weighted by Crippen LogP contribution is 2.59. The number of nitrogens with zero attached hydrogens (tertiary/aromatic N) is 1. The highest BCUT2D eigenvalue weighted by atomic mass is 31.2. The molecule has 0 fully saturated rings. The largest absolute Gasteiger partial charge is 0.342 e. The van der Waals surface area contributed by atoms with Crippen LogP contribution in [0.5, 0.6) is 0 Å². The van der Waals surface area contributed by atoms with E-state index in [0.717, 1.165) is 12.8 Å². The summed E-state index contributed by atoms with van der Waals surface area (Å²) in [7, 11) is -9.61. The SMILES string of the molecule is CCCN(CCC)CC(P(=O)(O)O)P(=O)(O)O. The van der Waals surface area contributed by atoms with Crippen molar-refractivity contribution >= 4 is 15.2 Å². The maximum Gasteiger partial charge on any atom is 0.342 e. The van der Waals surface area contributed by atoms with E-state index in [9.17, 15) is 9.13 Å². The molecule has 0 saturated heterocycles. The standard InChI is InChI=1S/C8H21NO6P2/c1-3-5-9(6-4-2)7-8(16(10,11)12)17(13,14)15/h8H,3-7H2,1-2H3,(H2,10,11,12)(H2,13,14,15). The van der Waals surface area contributed by atoms with Gasteiger partial charge in [-0.25, -0.2) is 0 Å². The van der Waals surface area contributed by atoms with Crippen molar-refractivity contribution in [1.82, 2.24) is 4.90 Å². The van der Waals surface area contributed by atoms with Gasteiger partial charge in [-0.1, -0.05) is 13.8 Å². The zero-order valence-corrected chi connectivity index (χ0v) is 11.8. The molecule has 104 valence electrons. The molecule has 0 saturated carbocycles. The fraction of sp³-hybridized carbons (Fsp3) is 1.00. The minimum atomic E-state index is -4.80. The van der Waals surface area contributed by atoms with Gasteiger partial charge in [0.1, 0.15) is 0 Å². The Labute approximate surface area is 101 Å². The van der Waals surface area contributed by atoms with Crippen LogP contribution in [0, 0.1) is 0 Å². The molecule has 7 nitrogen and oxygen atoms in total. The van der Waals surface area contributed by atoms with E-state index in [-0.39, 0.29) is 6.54 Å². The Morgan fingerprint density at radius 2 is 1.29 bits per heavy atom. The first-order chi connectivity index (χ1) is 7.62. The third kappa shape index (κ3) is 6.67. The molecule has 0 bridgehead atoms. The summed E-state index contributed by atoms with van der Waals surface area (Å²) in [6.07, 6.45) is 1.52. The molecular formula is C8H21NO6P2. The molecule has 17 heavy (non-hydrogen) atoms. The zero-order valence-electron chi connectivity index (χ0n) is 10.1. The third-order valence-electron chi connectivity index (χ3n) is 2.28. The van der Waals surface area contributed by atoms with Crippen LogP contribution in [0.3, 0.4) is 0 Å². The number of hydrogen-bond acceptors (Lipinski definition) is 3. The first kappa shape index (κ1) is 17.3. The molecule has 0 amide bonds. The van der Waals surface area contributed by atoms with Crippen LogP contribution < -0.4 is 0 Å². The second-order valence-electron chi connectivity index (χ2n) is 3.96. The summed E-state index contributed by atoms with van der Waals surface area (Å²) < 4.78 is 22.2. The summed E-state index contributed by atoms with van der Waals surface area (Å²) in [6, 6.07) is 0. The Kier molecular flexibility index (Phi) is 7.11. The van der Waals surface area contributed by atoms with E-state index in [1.165, 1.54) is 0 Å². The predicted octanol–water partition coefficient (Wildman–Crippen LogP) is 0.790. The molecular weight excluding hydrogens is 268 g/mol. The molecule has 4 N–H and O–H groups in total. The Morgan fingerprint density at radius 3 is 1.53 bits per heavy atom. The van der Waals surface area contributed by atoms with Gasteiger partial charge in [0.25, 0.3) is 0 Å². The van der Waals surface area contributed by atoms with Crippen molar-refractivity contribution < 1.29 is 28.7 Å². The molecule has 0 radical (unpaired) electrons. The van der Waals surface area contributed by atoms with Crippen molar-refractivity contribution in [2.75, 3.05) is 19.6 Å². The van der Waals surface area contributed by atoms with Gasteiger partial charge in [0.2, 0.25) is 0 Å². The lowest BCUT2D eigenvalue weighted by molar-refractivity contribution is 0.259. The number of hydrogen-bond donors (Lipinski definition) is 4. The van der Waals surface area contributed by atoms with Crippen molar-refractivity contribution in [2.45, 2.75) is 32.1 Å². The molecule has 0 aliphatic heterocycles. The van der Waals surface area contributed by atoms with E-state index in [0.29, 0.717) is 13.1 Å². The molecule has 0 aliphatic rings. The summed E-state index contributed by atoms with van der Waals surface area (Å²) in [6.45, 7) is 4.63. The average Bonchev–Trinajstić information content (AvgIpc) is 2.10. The molecule has 0 rings (SSSR count). The smallest absolute Gasteiger partial charge is 0.324 e. The quantitative estimate of drug-likeness (QED) is 0.488. The molecule has 0 heterocycles. The van der Waals surface area contributed by atoms with Crippen molar-refractivity contribution in [1.29, 1.82) is 0 Å². The molecule has 0 aromatic rings. The van der Waals surface area contributed by atoms with Crippen molar-refractivity contribution in [3.05, 3.63) is 0 Å². The normalized spacial score (nSPS) is 13.6. The summed E-state index contributed by atoms with van der Waals surface area (Å²) in [4.78, 5) is 37.6. The van der Waals surface area contributed by atoms with E-state index in [1.807, 2.05) is 13.8 Å². The van der Waals surface area contributed by atoms with E-state index < -0.39 is 20.6 Å². The lowest BCUT2D eigenvalue weighted by Gasteiger charge is -2.27.